The molecule has 0 aliphatic rings. The number of benzene rings is 1. The Morgan fingerprint density at radius 3 is 2.71 bits per heavy atom. The predicted molar refractivity (Wildman–Crippen MR) is 79.3 cm³/mol. The molecule has 0 unspecified atom stereocenters. The molecule has 1 heterocycles. The van der Waals surface area contributed by atoms with Crippen LogP contribution in [0.15, 0.2) is 34.9 Å². The first-order chi connectivity index (χ1) is 10.0. The van der Waals surface area contributed by atoms with Gasteiger partial charge in [0.05, 0.1) is 0 Å². The van der Waals surface area contributed by atoms with E-state index in [-0.39, 0.29) is 17.8 Å². The number of hydrogen-bond acceptors (Lipinski definition) is 4. The largest absolute Gasteiger partial charge is 0.508 e. The Morgan fingerprint density at radius 2 is 2.10 bits per heavy atom. The maximum absolute atomic E-state index is 11.8. The first kappa shape index (κ1) is 14.9. The van der Waals surface area contributed by atoms with Crippen molar-refractivity contribution >= 4 is 11.8 Å². The molecule has 2 amide bonds. The van der Waals surface area contributed by atoms with Crippen LogP contribution in [0.25, 0.3) is 0 Å². The van der Waals surface area contributed by atoms with Gasteiger partial charge < -0.3 is 14.9 Å². The highest BCUT2D eigenvalue weighted by Gasteiger charge is 2.09. The fourth-order valence-corrected chi connectivity index (χ4v) is 1.92. The van der Waals surface area contributed by atoms with E-state index in [4.69, 9.17) is 4.52 Å². The maximum Gasteiger partial charge on any atom is 0.320 e. The van der Waals surface area contributed by atoms with Crippen LogP contribution in [0.4, 0.5) is 10.6 Å². The normalized spacial score (nSPS) is 11.9. The summed E-state index contributed by atoms with van der Waals surface area (Å²) in [5, 5.41) is 18.4. The predicted octanol–water partition coefficient (Wildman–Crippen LogP) is 2.83. The molecule has 0 radical (unpaired) electrons. The summed E-state index contributed by atoms with van der Waals surface area (Å²) >= 11 is 0. The first-order valence-electron chi connectivity index (χ1n) is 6.81. The van der Waals surface area contributed by atoms with Crippen molar-refractivity contribution in [1.29, 1.82) is 0 Å². The van der Waals surface area contributed by atoms with E-state index in [1.54, 1.807) is 25.1 Å². The van der Waals surface area contributed by atoms with Gasteiger partial charge in [-0.05, 0) is 44.4 Å². The van der Waals surface area contributed by atoms with Gasteiger partial charge in [0.15, 0.2) is 5.82 Å². The highest BCUT2D eigenvalue weighted by Crippen LogP contribution is 2.12. The number of carbonyl (C=O) groups is 1. The van der Waals surface area contributed by atoms with Crippen molar-refractivity contribution in [2.75, 3.05) is 5.32 Å². The molecule has 1 aromatic heterocycles. The Morgan fingerprint density at radius 1 is 1.38 bits per heavy atom. The smallest absolute Gasteiger partial charge is 0.320 e. The number of urea groups is 1. The minimum Gasteiger partial charge on any atom is -0.508 e. The van der Waals surface area contributed by atoms with Gasteiger partial charge in [0, 0.05) is 12.1 Å². The number of anilines is 1. The van der Waals surface area contributed by atoms with Crippen LogP contribution in [0.5, 0.6) is 5.75 Å². The van der Waals surface area contributed by atoms with Crippen LogP contribution in [-0.4, -0.2) is 22.3 Å². The maximum atomic E-state index is 11.8. The number of phenolic OH excluding ortho intramolecular Hbond substituents is 1. The number of aromatic hydroxyl groups is 1. The number of aromatic nitrogens is 1. The molecule has 0 saturated heterocycles. The second-order valence-corrected chi connectivity index (χ2v) is 5.03. The van der Waals surface area contributed by atoms with E-state index < -0.39 is 0 Å². The summed E-state index contributed by atoms with van der Waals surface area (Å²) in [4.78, 5) is 11.8. The Kier molecular flexibility index (Phi) is 4.81. The molecular formula is C15H19N3O3. The zero-order valence-electron chi connectivity index (χ0n) is 12.1. The average molecular weight is 289 g/mol. The molecule has 3 N–H and O–H groups in total. The van der Waals surface area contributed by atoms with Gasteiger partial charge in [0.2, 0.25) is 0 Å². The molecule has 0 bridgehead atoms. The number of nitrogens with zero attached hydrogens (tertiary/aromatic N) is 1. The van der Waals surface area contributed by atoms with E-state index in [2.05, 4.69) is 15.8 Å². The molecule has 0 saturated carbocycles. The number of rotatable bonds is 5. The van der Waals surface area contributed by atoms with E-state index in [0.717, 1.165) is 18.4 Å². The lowest BCUT2D eigenvalue weighted by atomic mass is 10.1. The monoisotopic (exact) mass is 289 g/mol. The van der Waals surface area contributed by atoms with Crippen LogP contribution in [0.1, 0.15) is 24.7 Å². The second kappa shape index (κ2) is 6.78. The molecule has 1 atom stereocenters. The highest BCUT2D eigenvalue weighted by molar-refractivity contribution is 5.88. The van der Waals surface area contributed by atoms with Gasteiger partial charge in [0.1, 0.15) is 11.5 Å². The summed E-state index contributed by atoms with van der Waals surface area (Å²) in [6.45, 7) is 3.70. The van der Waals surface area contributed by atoms with Gasteiger partial charge in [0.25, 0.3) is 0 Å². The third kappa shape index (κ3) is 4.83. The number of amides is 2. The molecule has 0 fully saturated rings. The third-order valence-corrected chi connectivity index (χ3v) is 3.05. The fraction of sp³-hybridized carbons (Fsp3) is 0.333. The summed E-state index contributed by atoms with van der Waals surface area (Å²) in [5.41, 5.74) is 1.12. The molecule has 2 rings (SSSR count). The summed E-state index contributed by atoms with van der Waals surface area (Å²) in [5.74, 6) is 1.30. The van der Waals surface area contributed by atoms with E-state index >= 15 is 0 Å². The number of aryl methyl sites for hydroxylation is 2. The van der Waals surface area contributed by atoms with Crippen molar-refractivity contribution in [2.24, 2.45) is 0 Å². The minimum atomic E-state index is -0.304. The van der Waals surface area contributed by atoms with Crippen molar-refractivity contribution in [1.82, 2.24) is 10.5 Å². The molecule has 21 heavy (non-hydrogen) atoms. The summed E-state index contributed by atoms with van der Waals surface area (Å²) in [6.07, 6.45) is 1.63. The van der Waals surface area contributed by atoms with Crippen molar-refractivity contribution in [2.45, 2.75) is 32.7 Å². The Balaban J connectivity index is 1.74. The van der Waals surface area contributed by atoms with Crippen LogP contribution in [0.3, 0.4) is 0 Å². The molecule has 0 aliphatic heterocycles. The van der Waals surface area contributed by atoms with Crippen molar-refractivity contribution in [3.05, 3.63) is 41.7 Å². The molecule has 2 aromatic rings. The number of nitrogens with one attached hydrogen (secondary N) is 2. The number of phenols is 1. The van der Waals surface area contributed by atoms with Crippen LogP contribution < -0.4 is 10.6 Å². The molecular weight excluding hydrogens is 270 g/mol. The highest BCUT2D eigenvalue weighted by atomic mass is 16.5. The van der Waals surface area contributed by atoms with Gasteiger partial charge in [-0.3, -0.25) is 5.32 Å². The zero-order chi connectivity index (χ0) is 15.2. The van der Waals surface area contributed by atoms with Crippen molar-refractivity contribution in [3.63, 3.8) is 0 Å². The van der Waals surface area contributed by atoms with Crippen LogP contribution in [0.2, 0.25) is 0 Å². The van der Waals surface area contributed by atoms with Crippen molar-refractivity contribution in [3.8, 4) is 5.75 Å². The summed E-state index contributed by atoms with van der Waals surface area (Å²) < 4.78 is 4.87. The standard InChI is InChI=1S/C15H19N3O3/c1-10(3-4-12-5-7-13(19)8-6-12)16-15(20)17-14-9-11(2)21-18-14/h5-10,19H,3-4H2,1-2H3,(H2,16,17,18,20)/t10-/m0/s1. The molecule has 1 aromatic carbocycles. The molecule has 0 aliphatic carbocycles. The number of carbonyl (C=O) groups excluding carboxylic acids is 1. The Hall–Kier alpha value is -2.50. The van der Waals surface area contributed by atoms with Gasteiger partial charge in [-0.1, -0.05) is 17.3 Å². The summed E-state index contributed by atoms with van der Waals surface area (Å²) in [7, 11) is 0. The van der Waals surface area contributed by atoms with Gasteiger partial charge in [-0.15, -0.1) is 0 Å². The topological polar surface area (TPSA) is 87.4 Å². The lowest BCUT2D eigenvalue weighted by Gasteiger charge is -2.13. The molecule has 6 heteroatoms. The van der Waals surface area contributed by atoms with Crippen LogP contribution in [0, 0.1) is 6.92 Å². The quantitative estimate of drug-likeness (QED) is 0.789. The Bertz CT molecular complexity index is 592. The SMILES string of the molecule is Cc1cc(NC(=O)N[C@@H](C)CCc2ccc(O)cc2)no1. The molecule has 112 valence electrons. The van der Waals surface area contributed by atoms with E-state index in [0.29, 0.717) is 11.6 Å². The zero-order valence-corrected chi connectivity index (χ0v) is 12.1. The lowest BCUT2D eigenvalue weighted by Crippen LogP contribution is -2.36. The summed E-state index contributed by atoms with van der Waals surface area (Å²) in [6, 6.07) is 8.44. The second-order valence-electron chi connectivity index (χ2n) is 5.03. The van der Waals surface area contributed by atoms with Crippen LogP contribution >= 0.6 is 0 Å². The minimum absolute atomic E-state index is 0.0202. The van der Waals surface area contributed by atoms with Crippen LogP contribution in [-0.2, 0) is 6.42 Å². The van der Waals surface area contributed by atoms with E-state index in [9.17, 15) is 9.90 Å². The van der Waals surface area contributed by atoms with E-state index in [1.165, 1.54) is 0 Å². The fourth-order valence-electron chi connectivity index (χ4n) is 1.92. The number of hydrogen-bond donors (Lipinski definition) is 3. The third-order valence-electron chi connectivity index (χ3n) is 3.05. The Labute approximate surface area is 123 Å². The first-order valence-corrected chi connectivity index (χ1v) is 6.81. The molecule has 0 spiro atoms. The van der Waals surface area contributed by atoms with Crippen molar-refractivity contribution < 1.29 is 14.4 Å². The van der Waals surface area contributed by atoms with Gasteiger partial charge in [-0.2, -0.15) is 0 Å². The van der Waals surface area contributed by atoms with Gasteiger partial charge >= 0.3 is 6.03 Å². The van der Waals surface area contributed by atoms with E-state index in [1.807, 2.05) is 19.1 Å². The molecule has 6 nitrogen and oxygen atoms in total. The average Bonchev–Trinajstić information content (AvgIpc) is 2.83. The lowest BCUT2D eigenvalue weighted by molar-refractivity contribution is 0.248. The van der Waals surface area contributed by atoms with Gasteiger partial charge in [-0.25, -0.2) is 4.79 Å².